The van der Waals surface area contributed by atoms with Crippen molar-refractivity contribution in [2.24, 2.45) is 0 Å². The number of hydrogen-bond donors (Lipinski definition) is 0. The van der Waals surface area contributed by atoms with E-state index in [0.717, 1.165) is 0 Å². The van der Waals surface area contributed by atoms with Gasteiger partial charge in [-0.3, -0.25) is 0 Å². The van der Waals surface area contributed by atoms with Gasteiger partial charge in [0.05, 0.1) is 5.60 Å². The predicted molar refractivity (Wildman–Crippen MR) is 46.7 cm³/mol. The molecule has 10 heavy (non-hydrogen) atoms. The van der Waals surface area contributed by atoms with Crippen LogP contribution in [0.1, 0.15) is 26.7 Å². The van der Waals surface area contributed by atoms with Crippen molar-refractivity contribution in [3.8, 4) is 0 Å². The summed E-state index contributed by atoms with van der Waals surface area (Å²) in [5.74, 6) is 0. The normalized spacial score (nSPS) is 30.0. The fraction of sp³-hybridized carbons (Fsp3) is 1.00. The summed E-state index contributed by atoms with van der Waals surface area (Å²) in [6, 6.07) is 1.34. The molecule has 0 bridgehead atoms. The zero-order valence-electron chi connectivity index (χ0n) is 7.53. The molecule has 0 atom stereocenters. The fourth-order valence-corrected chi connectivity index (χ4v) is 4.52. The van der Waals surface area contributed by atoms with Crippen LogP contribution in [0.2, 0.25) is 19.1 Å². The third-order valence-corrected chi connectivity index (χ3v) is 4.77. The Morgan fingerprint density at radius 1 is 1.30 bits per heavy atom. The van der Waals surface area contributed by atoms with Crippen LogP contribution in [0.25, 0.3) is 0 Å². The Morgan fingerprint density at radius 2 is 1.90 bits per heavy atom. The van der Waals surface area contributed by atoms with E-state index in [1.807, 2.05) is 0 Å². The van der Waals surface area contributed by atoms with Gasteiger partial charge in [-0.05, 0) is 39.4 Å². The predicted octanol–water partition coefficient (Wildman–Crippen LogP) is 2.78. The quantitative estimate of drug-likeness (QED) is 0.493. The van der Waals surface area contributed by atoms with Crippen LogP contribution in [0.4, 0.5) is 0 Å². The number of rotatable bonds is 0. The molecule has 0 aromatic heterocycles. The molecule has 1 saturated heterocycles. The Balaban J connectivity index is 2.56. The first-order valence-corrected chi connectivity index (χ1v) is 7.23. The molecule has 0 radical (unpaired) electrons. The van der Waals surface area contributed by atoms with E-state index in [9.17, 15) is 0 Å². The Bertz CT molecular complexity index is 115. The van der Waals surface area contributed by atoms with Crippen molar-refractivity contribution < 1.29 is 4.43 Å². The molecule has 0 spiro atoms. The van der Waals surface area contributed by atoms with Gasteiger partial charge in [0.25, 0.3) is 0 Å². The van der Waals surface area contributed by atoms with Gasteiger partial charge in [0.1, 0.15) is 0 Å². The van der Waals surface area contributed by atoms with Crippen LogP contribution in [-0.4, -0.2) is 13.9 Å². The minimum absolute atomic E-state index is 0.175. The lowest BCUT2D eigenvalue weighted by molar-refractivity contribution is 0.0723. The van der Waals surface area contributed by atoms with E-state index in [1.54, 1.807) is 0 Å². The molecule has 1 aliphatic rings. The van der Waals surface area contributed by atoms with Gasteiger partial charge in [-0.1, -0.05) is 6.42 Å². The molecule has 1 rings (SSSR count). The van der Waals surface area contributed by atoms with Crippen molar-refractivity contribution in [2.75, 3.05) is 0 Å². The molecule has 0 N–H and O–H groups in total. The molecule has 1 nitrogen and oxygen atoms in total. The second kappa shape index (κ2) is 2.34. The average molecular weight is 158 g/mol. The van der Waals surface area contributed by atoms with Gasteiger partial charge < -0.3 is 4.43 Å². The highest BCUT2D eigenvalue weighted by atomic mass is 28.4. The van der Waals surface area contributed by atoms with Crippen molar-refractivity contribution in [1.82, 2.24) is 0 Å². The maximum Gasteiger partial charge on any atom is 0.187 e. The van der Waals surface area contributed by atoms with Crippen LogP contribution >= 0.6 is 0 Å². The van der Waals surface area contributed by atoms with E-state index < -0.39 is 8.32 Å². The fourth-order valence-electron chi connectivity index (χ4n) is 1.79. The summed E-state index contributed by atoms with van der Waals surface area (Å²) in [6.45, 7) is 9.05. The van der Waals surface area contributed by atoms with Gasteiger partial charge in [-0.25, -0.2) is 0 Å². The van der Waals surface area contributed by atoms with Gasteiger partial charge >= 0.3 is 0 Å². The van der Waals surface area contributed by atoms with Gasteiger partial charge in [0.2, 0.25) is 0 Å². The molecule has 1 aliphatic heterocycles. The zero-order chi connectivity index (χ0) is 7.83. The van der Waals surface area contributed by atoms with E-state index in [1.165, 1.54) is 18.9 Å². The molecular weight excluding hydrogens is 140 g/mol. The average Bonchev–Trinajstić information content (AvgIpc) is 1.56. The topological polar surface area (TPSA) is 9.23 Å². The van der Waals surface area contributed by atoms with Gasteiger partial charge in [0.15, 0.2) is 8.32 Å². The van der Waals surface area contributed by atoms with Crippen molar-refractivity contribution in [3.05, 3.63) is 0 Å². The van der Waals surface area contributed by atoms with E-state index in [2.05, 4.69) is 26.9 Å². The SMILES string of the molecule is CC1(C)CCC[Si](C)(C)O1. The largest absolute Gasteiger partial charge is 0.412 e. The van der Waals surface area contributed by atoms with Crippen molar-refractivity contribution >= 4 is 8.32 Å². The Kier molecular flexibility index (Phi) is 1.94. The molecule has 0 aromatic carbocycles. The summed E-state index contributed by atoms with van der Waals surface area (Å²) < 4.78 is 6.00. The monoisotopic (exact) mass is 158 g/mol. The standard InChI is InChI=1S/C8H18OSi/c1-8(2)6-5-7-10(3,4)9-8/h5-7H2,1-4H3. The Morgan fingerprint density at radius 3 is 2.20 bits per heavy atom. The summed E-state index contributed by atoms with van der Waals surface area (Å²) >= 11 is 0. The Hall–Kier alpha value is 0.177. The molecule has 0 unspecified atom stereocenters. The first-order valence-electron chi connectivity index (χ1n) is 4.12. The third kappa shape index (κ3) is 2.10. The molecule has 0 saturated carbocycles. The first kappa shape index (κ1) is 8.28. The van der Waals surface area contributed by atoms with Crippen LogP contribution in [0.15, 0.2) is 0 Å². The van der Waals surface area contributed by atoms with E-state index in [0.29, 0.717) is 0 Å². The molecule has 2 heteroatoms. The van der Waals surface area contributed by atoms with Gasteiger partial charge in [-0.15, -0.1) is 0 Å². The van der Waals surface area contributed by atoms with Crippen LogP contribution in [0, 0.1) is 0 Å². The van der Waals surface area contributed by atoms with Crippen LogP contribution in [0.5, 0.6) is 0 Å². The summed E-state index contributed by atoms with van der Waals surface area (Å²) in [6.07, 6.45) is 2.61. The maximum atomic E-state index is 6.00. The summed E-state index contributed by atoms with van der Waals surface area (Å²) in [7, 11) is -1.23. The van der Waals surface area contributed by atoms with Crippen LogP contribution < -0.4 is 0 Å². The highest BCUT2D eigenvalue weighted by Crippen LogP contribution is 2.32. The second-order valence-corrected chi connectivity index (χ2v) is 8.70. The smallest absolute Gasteiger partial charge is 0.187 e. The van der Waals surface area contributed by atoms with Crippen molar-refractivity contribution in [1.29, 1.82) is 0 Å². The summed E-state index contributed by atoms with van der Waals surface area (Å²) in [4.78, 5) is 0. The van der Waals surface area contributed by atoms with Crippen LogP contribution in [0.3, 0.4) is 0 Å². The van der Waals surface area contributed by atoms with Crippen LogP contribution in [-0.2, 0) is 4.43 Å². The Labute approximate surface area is 64.9 Å². The second-order valence-electron chi connectivity index (χ2n) is 4.48. The zero-order valence-corrected chi connectivity index (χ0v) is 8.53. The molecule has 0 amide bonds. The third-order valence-electron chi connectivity index (χ3n) is 2.11. The van der Waals surface area contributed by atoms with Crippen molar-refractivity contribution in [2.45, 2.75) is 51.4 Å². The van der Waals surface area contributed by atoms with Gasteiger partial charge in [-0.2, -0.15) is 0 Å². The molecule has 60 valence electrons. The summed E-state index contributed by atoms with van der Waals surface area (Å²) in [5, 5.41) is 0. The minimum atomic E-state index is -1.23. The first-order chi connectivity index (χ1) is 4.41. The van der Waals surface area contributed by atoms with Crippen molar-refractivity contribution in [3.63, 3.8) is 0 Å². The maximum absolute atomic E-state index is 6.00. The highest BCUT2D eigenvalue weighted by molar-refractivity contribution is 6.71. The lowest BCUT2D eigenvalue weighted by Crippen LogP contribution is -2.44. The van der Waals surface area contributed by atoms with Gasteiger partial charge in [0, 0.05) is 0 Å². The minimum Gasteiger partial charge on any atom is -0.412 e. The molecule has 0 aliphatic carbocycles. The van der Waals surface area contributed by atoms with E-state index in [4.69, 9.17) is 4.43 Å². The molecule has 0 aromatic rings. The number of hydrogen-bond acceptors (Lipinski definition) is 1. The lowest BCUT2D eigenvalue weighted by atomic mass is 10.0. The van der Waals surface area contributed by atoms with E-state index in [-0.39, 0.29) is 5.60 Å². The molecule has 1 fully saturated rings. The molecule has 1 heterocycles. The molecular formula is C8H18OSi. The summed E-state index contributed by atoms with van der Waals surface area (Å²) in [5.41, 5.74) is 0.175. The highest BCUT2D eigenvalue weighted by Gasteiger charge is 2.35. The lowest BCUT2D eigenvalue weighted by Gasteiger charge is -2.40. The van der Waals surface area contributed by atoms with E-state index >= 15 is 0 Å².